The molecule has 0 spiro atoms. The highest BCUT2D eigenvalue weighted by Gasteiger charge is 2.34. The van der Waals surface area contributed by atoms with Crippen LogP contribution in [0.25, 0.3) is 10.9 Å². The van der Waals surface area contributed by atoms with Gasteiger partial charge in [0.1, 0.15) is 0 Å². The standard InChI is InChI=1S/C19H24N2O/c1-13(2)10-21-12-16-8-9-20(19(22)14-6-7-14)11-15-4-3-5-17(21)18(15)16/h3-5,12-14H,6-11H2,1-2H3. The fraction of sp³-hybridized carbons (Fsp3) is 0.526. The summed E-state index contributed by atoms with van der Waals surface area (Å²) in [5.41, 5.74) is 4.07. The topological polar surface area (TPSA) is 25.2 Å². The van der Waals surface area contributed by atoms with Crippen molar-refractivity contribution < 1.29 is 4.79 Å². The maximum absolute atomic E-state index is 12.4. The molecule has 1 amide bonds. The van der Waals surface area contributed by atoms with Gasteiger partial charge in [0.25, 0.3) is 0 Å². The van der Waals surface area contributed by atoms with Gasteiger partial charge in [-0.1, -0.05) is 26.0 Å². The van der Waals surface area contributed by atoms with Crippen molar-refractivity contribution in [1.29, 1.82) is 0 Å². The lowest BCUT2D eigenvalue weighted by atomic mass is 10.1. The lowest BCUT2D eigenvalue weighted by Crippen LogP contribution is -2.32. The molecule has 1 aromatic carbocycles. The first-order valence-corrected chi connectivity index (χ1v) is 8.52. The third-order valence-corrected chi connectivity index (χ3v) is 4.88. The fourth-order valence-corrected chi connectivity index (χ4v) is 3.70. The summed E-state index contributed by atoms with van der Waals surface area (Å²) in [5, 5.41) is 1.40. The Balaban J connectivity index is 1.73. The molecule has 1 aliphatic heterocycles. The van der Waals surface area contributed by atoms with E-state index in [2.05, 4.69) is 47.7 Å². The van der Waals surface area contributed by atoms with Gasteiger partial charge < -0.3 is 9.47 Å². The molecule has 0 saturated heterocycles. The highest BCUT2D eigenvalue weighted by molar-refractivity contribution is 5.89. The normalized spacial score (nSPS) is 18.0. The van der Waals surface area contributed by atoms with Crippen LogP contribution in [-0.2, 0) is 24.3 Å². The van der Waals surface area contributed by atoms with E-state index < -0.39 is 0 Å². The van der Waals surface area contributed by atoms with Gasteiger partial charge in [-0.05, 0) is 42.4 Å². The van der Waals surface area contributed by atoms with Crippen molar-refractivity contribution in [2.75, 3.05) is 6.54 Å². The number of benzene rings is 1. The largest absolute Gasteiger partial charge is 0.347 e. The molecule has 116 valence electrons. The summed E-state index contributed by atoms with van der Waals surface area (Å²) in [6.45, 7) is 7.23. The van der Waals surface area contributed by atoms with Crippen molar-refractivity contribution in [1.82, 2.24) is 9.47 Å². The van der Waals surface area contributed by atoms with E-state index >= 15 is 0 Å². The molecule has 1 saturated carbocycles. The zero-order valence-corrected chi connectivity index (χ0v) is 13.5. The number of hydrogen-bond donors (Lipinski definition) is 0. The first kappa shape index (κ1) is 13.9. The van der Waals surface area contributed by atoms with Gasteiger partial charge in [-0.2, -0.15) is 0 Å². The van der Waals surface area contributed by atoms with E-state index in [0.29, 0.717) is 17.7 Å². The van der Waals surface area contributed by atoms with Crippen molar-refractivity contribution in [3.8, 4) is 0 Å². The second kappa shape index (κ2) is 5.15. The van der Waals surface area contributed by atoms with Crippen molar-refractivity contribution in [3.05, 3.63) is 35.5 Å². The summed E-state index contributed by atoms with van der Waals surface area (Å²) in [5.74, 6) is 1.33. The predicted octanol–water partition coefficient (Wildman–Crippen LogP) is 3.59. The molecular weight excluding hydrogens is 272 g/mol. The quantitative estimate of drug-likeness (QED) is 0.849. The highest BCUT2D eigenvalue weighted by Crippen LogP contribution is 2.34. The van der Waals surface area contributed by atoms with Crippen LogP contribution < -0.4 is 0 Å². The lowest BCUT2D eigenvalue weighted by Gasteiger charge is -2.21. The average molecular weight is 296 g/mol. The van der Waals surface area contributed by atoms with E-state index in [1.54, 1.807) is 0 Å². The van der Waals surface area contributed by atoms with Crippen molar-refractivity contribution in [2.45, 2.75) is 46.2 Å². The molecule has 1 aliphatic carbocycles. The molecule has 0 atom stereocenters. The van der Waals surface area contributed by atoms with Crippen molar-refractivity contribution in [3.63, 3.8) is 0 Å². The molecule has 1 fully saturated rings. The van der Waals surface area contributed by atoms with Crippen LogP contribution in [-0.4, -0.2) is 21.9 Å². The fourth-order valence-electron chi connectivity index (χ4n) is 3.70. The van der Waals surface area contributed by atoms with Crippen LogP contribution in [0.3, 0.4) is 0 Å². The summed E-state index contributed by atoms with van der Waals surface area (Å²) >= 11 is 0. The smallest absolute Gasteiger partial charge is 0.225 e. The summed E-state index contributed by atoms with van der Waals surface area (Å²) in [7, 11) is 0. The summed E-state index contributed by atoms with van der Waals surface area (Å²) < 4.78 is 2.40. The van der Waals surface area contributed by atoms with Crippen LogP contribution in [0.5, 0.6) is 0 Å². The van der Waals surface area contributed by atoms with Gasteiger partial charge in [-0.15, -0.1) is 0 Å². The van der Waals surface area contributed by atoms with Crippen LogP contribution in [0.1, 0.15) is 37.8 Å². The summed E-state index contributed by atoms with van der Waals surface area (Å²) in [4.78, 5) is 14.5. The zero-order valence-electron chi connectivity index (χ0n) is 13.5. The van der Waals surface area contributed by atoms with Crippen LogP contribution in [0.15, 0.2) is 24.4 Å². The molecule has 3 nitrogen and oxygen atoms in total. The second-order valence-electron chi connectivity index (χ2n) is 7.30. The number of nitrogens with zero attached hydrogens (tertiary/aromatic N) is 2. The number of rotatable bonds is 3. The lowest BCUT2D eigenvalue weighted by molar-refractivity contribution is -0.133. The van der Waals surface area contributed by atoms with Crippen molar-refractivity contribution in [2.24, 2.45) is 11.8 Å². The molecule has 0 N–H and O–H groups in total. The van der Waals surface area contributed by atoms with E-state index in [1.807, 2.05) is 0 Å². The van der Waals surface area contributed by atoms with E-state index in [-0.39, 0.29) is 0 Å². The Morgan fingerprint density at radius 1 is 1.27 bits per heavy atom. The molecule has 0 unspecified atom stereocenters. The summed E-state index contributed by atoms with van der Waals surface area (Å²) in [6, 6.07) is 6.57. The number of carbonyl (C=O) groups excluding carboxylic acids is 1. The monoisotopic (exact) mass is 296 g/mol. The number of aromatic nitrogens is 1. The average Bonchev–Trinajstić information content (AvgIpc) is 3.28. The minimum Gasteiger partial charge on any atom is -0.347 e. The predicted molar refractivity (Wildman–Crippen MR) is 88.6 cm³/mol. The van der Waals surface area contributed by atoms with Gasteiger partial charge in [0.15, 0.2) is 0 Å². The van der Waals surface area contributed by atoms with Gasteiger partial charge in [0.2, 0.25) is 5.91 Å². The zero-order chi connectivity index (χ0) is 15.3. The van der Waals surface area contributed by atoms with Crippen molar-refractivity contribution >= 4 is 16.8 Å². The molecule has 3 heteroatoms. The maximum atomic E-state index is 12.4. The van der Waals surface area contributed by atoms with E-state index in [4.69, 9.17) is 0 Å². The Bertz CT molecular complexity index is 724. The Labute approximate surface area is 131 Å². The van der Waals surface area contributed by atoms with E-state index in [0.717, 1.165) is 38.9 Å². The van der Waals surface area contributed by atoms with Gasteiger partial charge in [-0.25, -0.2) is 0 Å². The Morgan fingerprint density at radius 2 is 2.09 bits per heavy atom. The Hall–Kier alpha value is -1.77. The molecule has 2 heterocycles. The number of carbonyl (C=O) groups is 1. The number of hydrogen-bond acceptors (Lipinski definition) is 1. The van der Waals surface area contributed by atoms with Crippen LogP contribution in [0.2, 0.25) is 0 Å². The molecule has 22 heavy (non-hydrogen) atoms. The van der Waals surface area contributed by atoms with Crippen LogP contribution in [0.4, 0.5) is 0 Å². The molecule has 2 aliphatic rings. The molecule has 4 rings (SSSR count). The van der Waals surface area contributed by atoms with Gasteiger partial charge in [-0.3, -0.25) is 4.79 Å². The molecule has 0 radical (unpaired) electrons. The SMILES string of the molecule is CC(C)Cn1cc2c3c(cccc31)CN(C(=O)C1CC1)CC2. The third-order valence-electron chi connectivity index (χ3n) is 4.88. The Kier molecular flexibility index (Phi) is 3.24. The van der Waals surface area contributed by atoms with Crippen LogP contribution in [0, 0.1) is 11.8 Å². The van der Waals surface area contributed by atoms with Gasteiger partial charge >= 0.3 is 0 Å². The van der Waals surface area contributed by atoms with E-state index in [9.17, 15) is 4.79 Å². The molecule has 2 aromatic rings. The maximum Gasteiger partial charge on any atom is 0.225 e. The second-order valence-corrected chi connectivity index (χ2v) is 7.30. The first-order chi connectivity index (χ1) is 10.6. The van der Waals surface area contributed by atoms with Gasteiger partial charge in [0.05, 0.1) is 0 Å². The highest BCUT2D eigenvalue weighted by atomic mass is 16.2. The summed E-state index contributed by atoms with van der Waals surface area (Å²) in [6.07, 6.45) is 5.48. The minimum atomic E-state index is 0.317. The van der Waals surface area contributed by atoms with E-state index in [1.165, 1.54) is 22.0 Å². The van der Waals surface area contributed by atoms with Crippen LogP contribution >= 0.6 is 0 Å². The molecular formula is C19H24N2O. The minimum absolute atomic E-state index is 0.317. The molecule has 0 bridgehead atoms. The Morgan fingerprint density at radius 3 is 2.82 bits per heavy atom. The molecule has 1 aromatic heterocycles. The third kappa shape index (κ3) is 2.33. The first-order valence-electron chi connectivity index (χ1n) is 8.52. The van der Waals surface area contributed by atoms with Gasteiger partial charge in [0, 0.05) is 42.7 Å². The number of amides is 1.